The van der Waals surface area contributed by atoms with Crippen LogP contribution in [0, 0.1) is 0 Å². The van der Waals surface area contributed by atoms with Crippen LogP contribution >= 0.6 is 0 Å². The minimum atomic E-state index is 0.507. The Balaban J connectivity index is 2.05. The van der Waals surface area contributed by atoms with Crippen LogP contribution in [0.15, 0.2) is 29.4 Å². The second-order valence-corrected chi connectivity index (χ2v) is 6.61. The van der Waals surface area contributed by atoms with Gasteiger partial charge in [-0.15, -0.1) is 0 Å². The number of aromatic nitrogens is 3. The summed E-state index contributed by atoms with van der Waals surface area (Å²) in [6, 6.07) is 8.13. The number of hydrogen-bond acceptors (Lipinski definition) is 5. The molecule has 0 radical (unpaired) electrons. The number of anilines is 1. The molecule has 0 aliphatic heterocycles. The molecule has 0 aliphatic rings. The second kappa shape index (κ2) is 8.17. The third-order valence-corrected chi connectivity index (χ3v) is 4.61. The smallest absolute Gasteiger partial charge is 0.152 e. The number of pyridine rings is 1. The van der Waals surface area contributed by atoms with Crippen molar-refractivity contribution >= 4 is 33.5 Å². The van der Waals surface area contributed by atoms with Crippen molar-refractivity contribution in [3.63, 3.8) is 0 Å². The summed E-state index contributed by atoms with van der Waals surface area (Å²) in [5.74, 6) is 1.60. The molecular weight excluding hydrogens is 326 g/mol. The molecule has 0 saturated heterocycles. The van der Waals surface area contributed by atoms with Crippen molar-refractivity contribution in [1.29, 1.82) is 0 Å². The predicted octanol–water partition coefficient (Wildman–Crippen LogP) is 4.31. The third-order valence-electron chi connectivity index (χ3n) is 4.61. The first kappa shape index (κ1) is 18.2. The molecule has 0 bridgehead atoms. The molecule has 0 aliphatic carbocycles. The zero-order chi connectivity index (χ0) is 18.5. The molecule has 2 heterocycles. The number of hydrogen-bond donors (Lipinski definition) is 1. The van der Waals surface area contributed by atoms with Crippen molar-refractivity contribution in [2.24, 2.45) is 5.16 Å². The van der Waals surface area contributed by atoms with Gasteiger partial charge in [0.1, 0.15) is 18.5 Å². The minimum absolute atomic E-state index is 0.507. The number of nitrogens with zero attached hydrogens (tertiary/aromatic N) is 4. The number of para-hydroxylation sites is 1. The number of rotatable bonds is 8. The lowest BCUT2D eigenvalue weighted by atomic mass is 10.1. The molecule has 1 aromatic carbocycles. The molecule has 0 unspecified atom stereocenters. The Hall–Kier alpha value is -2.63. The highest BCUT2D eigenvalue weighted by Gasteiger charge is 2.16. The zero-order valence-corrected chi connectivity index (χ0v) is 15.8. The van der Waals surface area contributed by atoms with Gasteiger partial charge in [0, 0.05) is 18.4 Å². The molecule has 0 amide bonds. The molecule has 0 saturated carbocycles. The SMILES string of the molecule is CCCCc1nc2c(N)nc3ccccc3c2n1CCC/C(C)=N/OC. The van der Waals surface area contributed by atoms with E-state index in [1.54, 1.807) is 7.11 Å². The molecule has 26 heavy (non-hydrogen) atoms. The first-order valence-corrected chi connectivity index (χ1v) is 9.25. The van der Waals surface area contributed by atoms with Gasteiger partial charge in [0.25, 0.3) is 0 Å². The van der Waals surface area contributed by atoms with E-state index in [2.05, 4.69) is 27.7 Å². The maximum atomic E-state index is 6.23. The minimum Gasteiger partial charge on any atom is -0.399 e. The van der Waals surface area contributed by atoms with Crippen LogP contribution in [0.1, 0.15) is 45.4 Å². The molecule has 3 aromatic rings. The fourth-order valence-electron chi connectivity index (χ4n) is 3.37. The molecule has 2 N–H and O–H groups in total. The fourth-order valence-corrected chi connectivity index (χ4v) is 3.37. The monoisotopic (exact) mass is 353 g/mol. The van der Waals surface area contributed by atoms with Gasteiger partial charge in [-0.05, 0) is 32.3 Å². The average molecular weight is 353 g/mol. The Labute approximate surface area is 154 Å². The van der Waals surface area contributed by atoms with E-state index in [9.17, 15) is 0 Å². The van der Waals surface area contributed by atoms with E-state index in [0.717, 1.165) is 72.1 Å². The van der Waals surface area contributed by atoms with Gasteiger partial charge in [-0.25, -0.2) is 9.97 Å². The normalized spacial score (nSPS) is 12.2. The van der Waals surface area contributed by atoms with Crippen LogP contribution in [0.4, 0.5) is 5.82 Å². The molecule has 0 atom stereocenters. The number of fused-ring (bicyclic) bond motifs is 3. The van der Waals surface area contributed by atoms with E-state index in [0.29, 0.717) is 5.82 Å². The van der Waals surface area contributed by atoms with Crippen molar-refractivity contribution in [2.45, 2.75) is 52.5 Å². The summed E-state index contributed by atoms with van der Waals surface area (Å²) in [7, 11) is 1.58. The van der Waals surface area contributed by atoms with Crippen LogP contribution in [0.25, 0.3) is 21.9 Å². The van der Waals surface area contributed by atoms with Crippen LogP contribution in [-0.2, 0) is 17.8 Å². The van der Waals surface area contributed by atoms with Gasteiger partial charge in [-0.1, -0.05) is 36.7 Å². The highest BCUT2D eigenvalue weighted by molar-refractivity contribution is 6.06. The number of imidazole rings is 1. The summed E-state index contributed by atoms with van der Waals surface area (Å²) in [6.07, 6.45) is 5.05. The summed E-state index contributed by atoms with van der Waals surface area (Å²) < 4.78 is 2.32. The molecule has 2 aromatic heterocycles. The highest BCUT2D eigenvalue weighted by atomic mass is 16.6. The first-order valence-electron chi connectivity index (χ1n) is 9.25. The lowest BCUT2D eigenvalue weighted by Crippen LogP contribution is -2.06. The Bertz CT molecular complexity index is 929. The second-order valence-electron chi connectivity index (χ2n) is 6.61. The average Bonchev–Trinajstić information content (AvgIpc) is 3.00. The van der Waals surface area contributed by atoms with Crippen LogP contribution in [0.2, 0.25) is 0 Å². The van der Waals surface area contributed by atoms with E-state index in [4.69, 9.17) is 15.6 Å². The van der Waals surface area contributed by atoms with Crippen molar-refractivity contribution in [1.82, 2.24) is 14.5 Å². The number of nitrogens with two attached hydrogens (primary N) is 1. The van der Waals surface area contributed by atoms with Gasteiger partial charge in [0.15, 0.2) is 5.82 Å². The number of aryl methyl sites for hydroxylation is 2. The Kier molecular flexibility index (Phi) is 5.71. The topological polar surface area (TPSA) is 78.3 Å². The van der Waals surface area contributed by atoms with E-state index in [1.807, 2.05) is 25.1 Å². The molecule has 138 valence electrons. The van der Waals surface area contributed by atoms with Crippen molar-refractivity contribution in [3.8, 4) is 0 Å². The summed E-state index contributed by atoms with van der Waals surface area (Å²) in [6.45, 7) is 5.06. The van der Waals surface area contributed by atoms with Crippen molar-refractivity contribution in [2.75, 3.05) is 12.8 Å². The van der Waals surface area contributed by atoms with E-state index < -0.39 is 0 Å². The van der Waals surface area contributed by atoms with E-state index in [1.165, 1.54) is 0 Å². The summed E-state index contributed by atoms with van der Waals surface area (Å²) >= 11 is 0. The Morgan fingerprint density at radius 2 is 2.04 bits per heavy atom. The molecule has 3 rings (SSSR count). The summed E-state index contributed by atoms with van der Waals surface area (Å²) in [4.78, 5) is 14.2. The maximum absolute atomic E-state index is 6.23. The van der Waals surface area contributed by atoms with Gasteiger partial charge in [0.2, 0.25) is 0 Å². The Morgan fingerprint density at radius 3 is 2.81 bits per heavy atom. The number of unbranched alkanes of at least 4 members (excludes halogenated alkanes) is 1. The molecule has 6 heteroatoms. The lowest BCUT2D eigenvalue weighted by Gasteiger charge is -2.11. The predicted molar refractivity (Wildman–Crippen MR) is 107 cm³/mol. The molecular formula is C20H27N5O. The summed E-state index contributed by atoms with van der Waals surface area (Å²) in [5, 5.41) is 5.11. The van der Waals surface area contributed by atoms with Gasteiger partial charge in [-0.3, -0.25) is 0 Å². The zero-order valence-electron chi connectivity index (χ0n) is 15.8. The van der Waals surface area contributed by atoms with Crippen LogP contribution in [-0.4, -0.2) is 27.4 Å². The van der Waals surface area contributed by atoms with Gasteiger partial charge in [0.05, 0.1) is 16.7 Å². The highest BCUT2D eigenvalue weighted by Crippen LogP contribution is 2.29. The lowest BCUT2D eigenvalue weighted by molar-refractivity contribution is 0.212. The van der Waals surface area contributed by atoms with E-state index in [-0.39, 0.29) is 0 Å². The Morgan fingerprint density at radius 1 is 1.23 bits per heavy atom. The number of benzene rings is 1. The molecule has 6 nitrogen and oxygen atoms in total. The maximum Gasteiger partial charge on any atom is 0.152 e. The van der Waals surface area contributed by atoms with Gasteiger partial charge in [-0.2, -0.15) is 0 Å². The molecule has 0 spiro atoms. The number of oxime groups is 1. The van der Waals surface area contributed by atoms with E-state index >= 15 is 0 Å². The standard InChI is InChI=1S/C20H27N5O/c1-4-5-12-17-23-18-19(25(17)13-8-9-14(2)24-26-3)15-10-6-7-11-16(15)22-20(18)21/h6-7,10-11H,4-5,8-9,12-13H2,1-3H3,(H2,21,22)/b24-14+. The van der Waals surface area contributed by atoms with Crippen molar-refractivity contribution in [3.05, 3.63) is 30.1 Å². The van der Waals surface area contributed by atoms with Gasteiger partial charge >= 0.3 is 0 Å². The van der Waals surface area contributed by atoms with Crippen molar-refractivity contribution < 1.29 is 4.84 Å². The number of nitrogen functional groups attached to an aromatic ring is 1. The van der Waals surface area contributed by atoms with Crippen LogP contribution in [0.5, 0.6) is 0 Å². The third kappa shape index (κ3) is 3.64. The largest absolute Gasteiger partial charge is 0.399 e. The summed E-state index contributed by atoms with van der Waals surface area (Å²) in [5.41, 5.74) is 10.1. The molecule has 0 fully saturated rings. The fraction of sp³-hybridized carbons (Fsp3) is 0.450. The van der Waals surface area contributed by atoms with Crippen LogP contribution in [0.3, 0.4) is 0 Å². The van der Waals surface area contributed by atoms with Crippen LogP contribution < -0.4 is 5.73 Å². The quantitative estimate of drug-likeness (QED) is 0.483. The first-order chi connectivity index (χ1) is 12.7. The van der Waals surface area contributed by atoms with Gasteiger partial charge < -0.3 is 15.1 Å².